The maximum absolute atomic E-state index is 12.2. The van der Waals surface area contributed by atoms with Crippen LogP contribution in [-0.2, 0) is 16.0 Å². The Morgan fingerprint density at radius 3 is 2.57 bits per heavy atom. The second kappa shape index (κ2) is 9.70. The third-order valence-corrected chi connectivity index (χ3v) is 4.66. The van der Waals surface area contributed by atoms with Gasteiger partial charge in [-0.2, -0.15) is 0 Å². The van der Waals surface area contributed by atoms with Gasteiger partial charge in [0, 0.05) is 25.2 Å². The normalized spacial score (nSPS) is 10.3. The molecule has 3 amide bonds. The number of carbonyl (C=O) groups excluding carboxylic acids is 3. The van der Waals surface area contributed by atoms with Crippen LogP contribution >= 0.6 is 11.3 Å². The van der Waals surface area contributed by atoms with Crippen LogP contribution in [0, 0.1) is 0 Å². The van der Waals surface area contributed by atoms with Crippen LogP contribution in [-0.4, -0.2) is 48.3 Å². The van der Waals surface area contributed by atoms with E-state index in [0.717, 1.165) is 0 Å². The molecule has 10 heteroatoms. The van der Waals surface area contributed by atoms with E-state index in [1.165, 1.54) is 22.5 Å². The molecular weight excluding hydrogens is 408 g/mol. The number of thiazole rings is 1. The molecule has 3 aromatic rings. The highest BCUT2D eigenvalue weighted by atomic mass is 32.1. The molecule has 2 aromatic heterocycles. The molecule has 1 aromatic carbocycles. The molecule has 0 aliphatic rings. The molecule has 9 nitrogen and oxygen atoms in total. The lowest BCUT2D eigenvalue weighted by molar-refractivity contribution is -0.130. The van der Waals surface area contributed by atoms with E-state index in [2.05, 4.69) is 15.6 Å². The number of carbonyl (C=O) groups is 3. The van der Waals surface area contributed by atoms with Crippen LogP contribution in [0.1, 0.15) is 16.2 Å². The summed E-state index contributed by atoms with van der Waals surface area (Å²) in [5, 5.41) is 7.48. The summed E-state index contributed by atoms with van der Waals surface area (Å²) in [6.45, 7) is -0.0542. The molecule has 0 saturated heterocycles. The highest BCUT2D eigenvalue weighted by molar-refractivity contribution is 7.14. The molecule has 0 saturated carbocycles. The number of likely N-dealkylation sites (N-methyl/N-ethyl adjacent to an activating group) is 1. The molecule has 0 radical (unpaired) electrons. The van der Waals surface area contributed by atoms with E-state index in [0.29, 0.717) is 22.3 Å². The highest BCUT2D eigenvalue weighted by Crippen LogP contribution is 2.19. The zero-order valence-corrected chi connectivity index (χ0v) is 17.2. The fraction of sp³-hybridized carbons (Fsp3) is 0.200. The summed E-state index contributed by atoms with van der Waals surface area (Å²) in [5.41, 5.74) is 1.13. The van der Waals surface area contributed by atoms with Gasteiger partial charge >= 0.3 is 0 Å². The predicted octanol–water partition coefficient (Wildman–Crippen LogP) is 2.64. The summed E-state index contributed by atoms with van der Waals surface area (Å²) < 4.78 is 10.4. The first-order chi connectivity index (χ1) is 14.4. The molecule has 2 heterocycles. The number of benzene rings is 1. The van der Waals surface area contributed by atoms with E-state index in [1.54, 1.807) is 55.9 Å². The third kappa shape index (κ3) is 5.92. The minimum absolute atomic E-state index is 0.0542. The lowest BCUT2D eigenvalue weighted by atomic mass is 10.2. The minimum Gasteiger partial charge on any atom is -0.484 e. The molecule has 0 spiro atoms. The summed E-state index contributed by atoms with van der Waals surface area (Å²) in [6.07, 6.45) is 1.47. The van der Waals surface area contributed by atoms with Gasteiger partial charge in [0.25, 0.3) is 11.8 Å². The number of aromatic nitrogens is 1. The van der Waals surface area contributed by atoms with Gasteiger partial charge in [-0.05, 0) is 36.4 Å². The fourth-order valence-electron chi connectivity index (χ4n) is 2.29. The zero-order valence-electron chi connectivity index (χ0n) is 16.4. The second-order valence-electron chi connectivity index (χ2n) is 6.40. The van der Waals surface area contributed by atoms with Gasteiger partial charge in [-0.3, -0.25) is 19.7 Å². The van der Waals surface area contributed by atoms with Gasteiger partial charge in [-0.15, -0.1) is 11.3 Å². The van der Waals surface area contributed by atoms with E-state index in [-0.39, 0.29) is 30.6 Å². The van der Waals surface area contributed by atoms with Crippen molar-refractivity contribution in [2.75, 3.05) is 31.3 Å². The van der Waals surface area contributed by atoms with Gasteiger partial charge in [0.05, 0.1) is 18.4 Å². The van der Waals surface area contributed by atoms with Gasteiger partial charge in [0.15, 0.2) is 17.5 Å². The van der Waals surface area contributed by atoms with Crippen molar-refractivity contribution in [2.24, 2.45) is 0 Å². The Kier molecular flexibility index (Phi) is 6.81. The summed E-state index contributed by atoms with van der Waals surface area (Å²) in [4.78, 5) is 41.4. The van der Waals surface area contributed by atoms with E-state index < -0.39 is 5.91 Å². The molecule has 0 aliphatic heterocycles. The van der Waals surface area contributed by atoms with Crippen LogP contribution in [0.15, 0.2) is 52.5 Å². The van der Waals surface area contributed by atoms with Crippen molar-refractivity contribution in [1.29, 1.82) is 0 Å². The molecule has 3 rings (SSSR count). The van der Waals surface area contributed by atoms with Crippen molar-refractivity contribution < 1.29 is 23.5 Å². The molecule has 0 fully saturated rings. The number of nitrogens with one attached hydrogen (secondary N) is 2. The molecule has 0 bridgehead atoms. The smallest absolute Gasteiger partial charge is 0.293 e. The summed E-state index contributed by atoms with van der Waals surface area (Å²) in [7, 11) is 3.31. The standard InChI is InChI=1S/C20H20N4O5S/c1-24(2)18(26)11-29-15-7-5-13(6-8-15)21-17(25)10-14-12-30-20(22-14)23-19(27)16-4-3-9-28-16/h3-9,12H,10-11H2,1-2H3,(H,21,25)(H,22,23,27). The largest absolute Gasteiger partial charge is 0.484 e. The van der Waals surface area contributed by atoms with Crippen molar-refractivity contribution in [3.05, 3.63) is 59.5 Å². The van der Waals surface area contributed by atoms with Crippen LogP contribution in [0.2, 0.25) is 0 Å². The fourth-order valence-corrected chi connectivity index (χ4v) is 3.00. The number of nitrogens with zero attached hydrogens (tertiary/aromatic N) is 2. The van der Waals surface area contributed by atoms with E-state index in [1.807, 2.05) is 0 Å². The number of hydrogen-bond donors (Lipinski definition) is 2. The lowest BCUT2D eigenvalue weighted by Gasteiger charge is -2.11. The predicted molar refractivity (Wildman–Crippen MR) is 112 cm³/mol. The Balaban J connectivity index is 1.48. The number of anilines is 2. The Bertz CT molecular complexity index is 1010. The number of furan rings is 1. The van der Waals surface area contributed by atoms with E-state index in [4.69, 9.17) is 9.15 Å². The van der Waals surface area contributed by atoms with Crippen molar-refractivity contribution in [2.45, 2.75) is 6.42 Å². The highest BCUT2D eigenvalue weighted by Gasteiger charge is 2.13. The summed E-state index contributed by atoms with van der Waals surface area (Å²) in [5.74, 6) is -0.0846. The van der Waals surface area contributed by atoms with Crippen LogP contribution in [0.25, 0.3) is 0 Å². The van der Waals surface area contributed by atoms with Crippen molar-refractivity contribution in [1.82, 2.24) is 9.88 Å². The number of rotatable bonds is 8. The first-order valence-electron chi connectivity index (χ1n) is 8.93. The molecule has 30 heavy (non-hydrogen) atoms. The van der Waals surface area contributed by atoms with Gasteiger partial charge < -0.3 is 19.4 Å². The third-order valence-electron chi connectivity index (χ3n) is 3.86. The monoisotopic (exact) mass is 428 g/mol. The molecule has 0 aliphatic carbocycles. The molecule has 2 N–H and O–H groups in total. The van der Waals surface area contributed by atoms with Crippen molar-refractivity contribution in [3.63, 3.8) is 0 Å². The molecular formula is C20H20N4O5S. The lowest BCUT2D eigenvalue weighted by Crippen LogP contribution is -2.27. The molecule has 0 atom stereocenters. The van der Waals surface area contributed by atoms with E-state index in [9.17, 15) is 14.4 Å². The quantitative estimate of drug-likeness (QED) is 0.570. The molecule has 0 unspecified atom stereocenters. The SMILES string of the molecule is CN(C)C(=O)COc1ccc(NC(=O)Cc2csc(NC(=O)c3ccco3)n2)cc1. The molecule has 156 valence electrons. The van der Waals surface area contributed by atoms with Crippen LogP contribution in [0.3, 0.4) is 0 Å². The van der Waals surface area contributed by atoms with Gasteiger partial charge in [0.2, 0.25) is 5.91 Å². The Morgan fingerprint density at radius 1 is 1.13 bits per heavy atom. The zero-order chi connectivity index (χ0) is 21.5. The maximum atomic E-state index is 12.2. The van der Waals surface area contributed by atoms with Gasteiger partial charge in [0.1, 0.15) is 5.75 Å². The van der Waals surface area contributed by atoms with Crippen LogP contribution in [0.4, 0.5) is 10.8 Å². The second-order valence-corrected chi connectivity index (χ2v) is 7.26. The number of amides is 3. The number of ether oxygens (including phenoxy) is 1. The van der Waals surface area contributed by atoms with Crippen molar-refractivity contribution >= 4 is 39.9 Å². The summed E-state index contributed by atoms with van der Waals surface area (Å²) >= 11 is 1.22. The van der Waals surface area contributed by atoms with Crippen LogP contribution < -0.4 is 15.4 Å². The van der Waals surface area contributed by atoms with E-state index >= 15 is 0 Å². The number of hydrogen-bond acceptors (Lipinski definition) is 7. The average Bonchev–Trinajstić information content (AvgIpc) is 3.39. The Labute approximate surface area is 176 Å². The average molecular weight is 428 g/mol. The first-order valence-corrected chi connectivity index (χ1v) is 9.81. The summed E-state index contributed by atoms with van der Waals surface area (Å²) in [6, 6.07) is 9.88. The van der Waals surface area contributed by atoms with Crippen LogP contribution in [0.5, 0.6) is 5.75 Å². The Morgan fingerprint density at radius 2 is 1.90 bits per heavy atom. The minimum atomic E-state index is -0.403. The topological polar surface area (TPSA) is 114 Å². The van der Waals surface area contributed by atoms with Gasteiger partial charge in [-0.1, -0.05) is 0 Å². The van der Waals surface area contributed by atoms with Crippen molar-refractivity contribution in [3.8, 4) is 5.75 Å². The Hall–Kier alpha value is -3.66. The first kappa shape index (κ1) is 21.1. The van der Waals surface area contributed by atoms with Gasteiger partial charge in [-0.25, -0.2) is 4.98 Å². The maximum Gasteiger partial charge on any atom is 0.293 e.